The van der Waals surface area contributed by atoms with Crippen LogP contribution in [0.25, 0.3) is 0 Å². The Hall–Kier alpha value is -0.0900. The van der Waals surface area contributed by atoms with Gasteiger partial charge in [-0.25, -0.2) is 0 Å². The summed E-state index contributed by atoms with van der Waals surface area (Å²) in [5, 5.41) is 19.3. The zero-order chi connectivity index (χ0) is 8.93. The fourth-order valence-corrected chi connectivity index (χ4v) is 1.92. The molecular formula is C8H11ClO3. The van der Waals surface area contributed by atoms with E-state index in [2.05, 4.69) is 0 Å². The van der Waals surface area contributed by atoms with Crippen LogP contribution >= 0.6 is 11.6 Å². The highest BCUT2D eigenvalue weighted by Crippen LogP contribution is 2.38. The number of aliphatic hydroxyl groups is 2. The van der Waals surface area contributed by atoms with Gasteiger partial charge in [0.2, 0.25) is 0 Å². The Labute approximate surface area is 75.6 Å². The zero-order valence-electron chi connectivity index (χ0n) is 6.64. The summed E-state index contributed by atoms with van der Waals surface area (Å²) in [6.07, 6.45) is 1.08. The molecule has 0 spiro atoms. The van der Waals surface area contributed by atoms with Crippen LogP contribution in [0.3, 0.4) is 0 Å². The van der Waals surface area contributed by atoms with E-state index in [0.29, 0.717) is 0 Å². The molecule has 0 aliphatic carbocycles. The molecule has 0 aromatic rings. The second-order valence-electron chi connectivity index (χ2n) is 3.49. The molecule has 2 aliphatic heterocycles. The number of rotatable bonds is 0. The standard InChI is InChI=1S/C8H11ClO3/c1-8(9)6(10)4-2-3-5(12-4)7(8)11/h2-7,10-11H,1H3/t4-,5+,6+,7-,8?. The number of fused-ring (bicyclic) bond motifs is 2. The largest absolute Gasteiger partial charge is 0.388 e. The van der Waals surface area contributed by atoms with E-state index in [9.17, 15) is 10.2 Å². The van der Waals surface area contributed by atoms with E-state index in [0.717, 1.165) is 0 Å². The molecule has 2 N–H and O–H groups in total. The minimum absolute atomic E-state index is 0.360. The molecule has 5 atom stereocenters. The molecule has 2 rings (SSSR count). The summed E-state index contributed by atoms with van der Waals surface area (Å²) in [5.41, 5.74) is 0. The first-order valence-corrected chi connectivity index (χ1v) is 4.30. The summed E-state index contributed by atoms with van der Waals surface area (Å²) in [6, 6.07) is 0. The van der Waals surface area contributed by atoms with Crippen molar-refractivity contribution in [2.75, 3.05) is 0 Å². The molecule has 0 radical (unpaired) electrons. The van der Waals surface area contributed by atoms with Crippen LogP contribution in [0.1, 0.15) is 6.92 Å². The van der Waals surface area contributed by atoms with Crippen molar-refractivity contribution in [1.29, 1.82) is 0 Å². The maximum absolute atomic E-state index is 9.63. The average Bonchev–Trinajstić information content (AvgIpc) is 2.45. The second kappa shape index (κ2) is 2.45. The Bertz CT molecular complexity index is 206. The van der Waals surface area contributed by atoms with E-state index in [1.165, 1.54) is 0 Å². The van der Waals surface area contributed by atoms with Gasteiger partial charge in [0.25, 0.3) is 0 Å². The summed E-state index contributed by atoms with van der Waals surface area (Å²) < 4.78 is 5.26. The summed E-state index contributed by atoms with van der Waals surface area (Å²) in [5.74, 6) is 0. The Morgan fingerprint density at radius 3 is 2.08 bits per heavy atom. The molecule has 0 aromatic heterocycles. The SMILES string of the molecule is CC1(Cl)[C@H](O)[C@@H]2C=C[C@@H](O2)[C@@H]1O. The van der Waals surface area contributed by atoms with Crippen molar-refractivity contribution < 1.29 is 14.9 Å². The lowest BCUT2D eigenvalue weighted by Gasteiger charge is -2.41. The highest BCUT2D eigenvalue weighted by atomic mass is 35.5. The minimum Gasteiger partial charge on any atom is -0.388 e. The van der Waals surface area contributed by atoms with Crippen LogP contribution in [0, 0.1) is 0 Å². The molecule has 12 heavy (non-hydrogen) atoms. The van der Waals surface area contributed by atoms with Gasteiger partial charge in [-0.2, -0.15) is 0 Å². The van der Waals surface area contributed by atoms with Crippen LogP contribution in [-0.4, -0.2) is 39.5 Å². The predicted octanol–water partition coefficient (Wildman–Crippen LogP) is 0.0429. The zero-order valence-corrected chi connectivity index (χ0v) is 7.40. The number of halogens is 1. The van der Waals surface area contributed by atoms with Gasteiger partial charge in [-0.1, -0.05) is 12.2 Å². The van der Waals surface area contributed by atoms with Gasteiger partial charge in [0, 0.05) is 0 Å². The Morgan fingerprint density at radius 1 is 1.25 bits per heavy atom. The lowest BCUT2D eigenvalue weighted by Crippen LogP contribution is -2.58. The summed E-state index contributed by atoms with van der Waals surface area (Å²) in [7, 11) is 0. The van der Waals surface area contributed by atoms with Gasteiger partial charge in [-0.15, -0.1) is 11.6 Å². The van der Waals surface area contributed by atoms with E-state index < -0.39 is 17.1 Å². The molecule has 0 aromatic carbocycles. The minimum atomic E-state index is -1.00. The van der Waals surface area contributed by atoms with Crippen molar-refractivity contribution >= 4 is 11.6 Å². The molecule has 1 saturated heterocycles. The van der Waals surface area contributed by atoms with E-state index in [-0.39, 0.29) is 12.2 Å². The number of hydrogen-bond donors (Lipinski definition) is 2. The fraction of sp³-hybridized carbons (Fsp3) is 0.750. The molecule has 2 heterocycles. The number of alkyl halides is 1. The highest BCUT2D eigenvalue weighted by Gasteiger charge is 2.52. The number of hydrogen-bond acceptors (Lipinski definition) is 3. The van der Waals surface area contributed by atoms with Gasteiger partial charge in [-0.3, -0.25) is 0 Å². The monoisotopic (exact) mass is 190 g/mol. The van der Waals surface area contributed by atoms with Crippen LogP contribution in [0.4, 0.5) is 0 Å². The average molecular weight is 191 g/mol. The molecule has 4 heteroatoms. The quantitative estimate of drug-likeness (QED) is 0.419. The van der Waals surface area contributed by atoms with Gasteiger partial charge in [0.15, 0.2) is 0 Å². The maximum Gasteiger partial charge on any atom is 0.105 e. The summed E-state index contributed by atoms with van der Waals surface area (Å²) in [6.45, 7) is 1.62. The molecule has 1 fully saturated rings. The number of aliphatic hydroxyl groups excluding tert-OH is 2. The van der Waals surface area contributed by atoms with Crippen molar-refractivity contribution in [2.24, 2.45) is 0 Å². The normalized spacial score (nSPS) is 57.7. The van der Waals surface area contributed by atoms with Crippen molar-refractivity contribution in [3.8, 4) is 0 Å². The van der Waals surface area contributed by atoms with Crippen LogP contribution in [0.5, 0.6) is 0 Å². The highest BCUT2D eigenvalue weighted by molar-refractivity contribution is 6.24. The third-order valence-corrected chi connectivity index (χ3v) is 3.03. The Balaban J connectivity index is 2.31. The van der Waals surface area contributed by atoms with Crippen LogP contribution < -0.4 is 0 Å². The lowest BCUT2D eigenvalue weighted by atomic mass is 9.90. The first kappa shape index (κ1) is 8.51. The van der Waals surface area contributed by atoms with E-state index >= 15 is 0 Å². The molecule has 1 unspecified atom stereocenters. The van der Waals surface area contributed by atoms with Gasteiger partial charge in [-0.05, 0) is 6.92 Å². The van der Waals surface area contributed by atoms with Crippen molar-refractivity contribution in [1.82, 2.24) is 0 Å². The second-order valence-corrected chi connectivity index (χ2v) is 4.31. The van der Waals surface area contributed by atoms with Crippen molar-refractivity contribution in [3.63, 3.8) is 0 Å². The Kier molecular flexibility index (Phi) is 1.74. The van der Waals surface area contributed by atoms with Gasteiger partial charge in [0.05, 0.1) is 4.87 Å². The van der Waals surface area contributed by atoms with Crippen LogP contribution in [0.2, 0.25) is 0 Å². The van der Waals surface area contributed by atoms with Crippen molar-refractivity contribution in [2.45, 2.75) is 36.2 Å². The Morgan fingerprint density at radius 2 is 1.67 bits per heavy atom. The van der Waals surface area contributed by atoms with E-state index in [4.69, 9.17) is 16.3 Å². The van der Waals surface area contributed by atoms with Crippen LogP contribution in [-0.2, 0) is 4.74 Å². The smallest absolute Gasteiger partial charge is 0.105 e. The molecule has 68 valence electrons. The fourth-order valence-electron chi connectivity index (χ4n) is 1.67. The molecule has 2 bridgehead atoms. The molecule has 0 amide bonds. The van der Waals surface area contributed by atoms with E-state index in [1.54, 1.807) is 19.1 Å². The summed E-state index contributed by atoms with van der Waals surface area (Å²) >= 11 is 5.98. The number of ether oxygens (including phenoxy) is 1. The van der Waals surface area contributed by atoms with Crippen molar-refractivity contribution in [3.05, 3.63) is 12.2 Å². The predicted molar refractivity (Wildman–Crippen MR) is 44.1 cm³/mol. The van der Waals surface area contributed by atoms with E-state index in [1.807, 2.05) is 0 Å². The first-order valence-electron chi connectivity index (χ1n) is 3.92. The third kappa shape index (κ3) is 0.941. The van der Waals surface area contributed by atoms with Gasteiger partial charge in [0.1, 0.15) is 24.4 Å². The maximum atomic E-state index is 9.63. The first-order chi connectivity index (χ1) is 5.53. The topological polar surface area (TPSA) is 49.7 Å². The molecule has 2 aliphatic rings. The van der Waals surface area contributed by atoms with Gasteiger partial charge < -0.3 is 14.9 Å². The third-order valence-electron chi connectivity index (χ3n) is 2.58. The molecule has 0 saturated carbocycles. The van der Waals surface area contributed by atoms with Crippen LogP contribution in [0.15, 0.2) is 12.2 Å². The molecular weight excluding hydrogens is 180 g/mol. The lowest BCUT2D eigenvalue weighted by molar-refractivity contribution is -0.143. The summed E-state index contributed by atoms with van der Waals surface area (Å²) in [4.78, 5) is -1.00. The molecule has 3 nitrogen and oxygen atoms in total. The van der Waals surface area contributed by atoms with Gasteiger partial charge >= 0.3 is 0 Å².